The molecule has 0 spiro atoms. The first kappa shape index (κ1) is 59.9. The van der Waals surface area contributed by atoms with Gasteiger partial charge in [0.15, 0.2) is 6.29 Å². The van der Waals surface area contributed by atoms with Gasteiger partial charge in [0.1, 0.15) is 30.5 Å². The zero-order valence-electron chi connectivity index (χ0n) is 41.1. The Balaban J connectivity index is 2.35. The van der Waals surface area contributed by atoms with Crippen LogP contribution in [0.3, 0.4) is 0 Å². The standard InChI is InChI=1S/C53H103NO9/c1-4-7-9-11-13-15-17-19-20-21-22-23-24-25-26-27-28-29-31-33-35-37-39-41-48(57)54-45(44-62-53-51(60)50(59)52(61-42-6-3)47(43-55)63-53)49(58)46(56)40-38-36-34-32-30-18-16-14-12-10-8-5-2/h6,45-47,49-53,55-56,58-60H,3-5,7-44H2,1-2H3,(H,54,57)/t45-,46+,47+,49-,50+,51+,52-,53-/m0/s1. The van der Waals surface area contributed by atoms with Crippen molar-refractivity contribution in [1.82, 2.24) is 5.32 Å². The number of carbonyl (C=O) groups is 1. The highest BCUT2D eigenvalue weighted by Gasteiger charge is 2.46. The van der Waals surface area contributed by atoms with Crippen LogP contribution < -0.4 is 5.32 Å². The van der Waals surface area contributed by atoms with Crippen molar-refractivity contribution in [2.45, 2.75) is 300 Å². The summed E-state index contributed by atoms with van der Waals surface area (Å²) >= 11 is 0. The third-order valence-corrected chi connectivity index (χ3v) is 13.2. The molecular weight excluding hydrogens is 795 g/mol. The molecule has 0 saturated carbocycles. The normalized spacial score (nSPS) is 20.5. The number of rotatable bonds is 47. The first-order valence-electron chi connectivity index (χ1n) is 26.9. The van der Waals surface area contributed by atoms with Crippen molar-refractivity contribution in [3.63, 3.8) is 0 Å². The molecule has 0 unspecified atom stereocenters. The van der Waals surface area contributed by atoms with Crippen molar-refractivity contribution in [2.75, 3.05) is 19.8 Å². The Kier molecular flexibility index (Phi) is 41.3. The van der Waals surface area contributed by atoms with Crippen LogP contribution in [-0.4, -0.2) is 100 Å². The summed E-state index contributed by atoms with van der Waals surface area (Å²) in [4.78, 5) is 13.1. The van der Waals surface area contributed by atoms with E-state index in [9.17, 15) is 30.3 Å². The van der Waals surface area contributed by atoms with Gasteiger partial charge >= 0.3 is 0 Å². The van der Waals surface area contributed by atoms with E-state index >= 15 is 0 Å². The maximum absolute atomic E-state index is 13.1. The van der Waals surface area contributed by atoms with E-state index in [1.165, 1.54) is 192 Å². The molecule has 0 radical (unpaired) electrons. The monoisotopic (exact) mass is 898 g/mol. The van der Waals surface area contributed by atoms with Gasteiger partial charge < -0.3 is 45.1 Å². The minimum atomic E-state index is -1.50. The lowest BCUT2D eigenvalue weighted by atomic mass is 9.98. The minimum Gasteiger partial charge on any atom is -0.394 e. The Hall–Kier alpha value is -1.11. The van der Waals surface area contributed by atoms with Gasteiger partial charge in [-0.1, -0.05) is 238 Å². The molecular formula is C53H103NO9. The number of nitrogens with one attached hydrogen (secondary N) is 1. The van der Waals surface area contributed by atoms with E-state index in [4.69, 9.17) is 14.2 Å². The molecule has 6 N–H and O–H groups in total. The molecule has 1 rings (SSSR count). The molecule has 1 aliphatic heterocycles. The van der Waals surface area contributed by atoms with Crippen LogP contribution in [0.2, 0.25) is 0 Å². The van der Waals surface area contributed by atoms with Crippen LogP contribution in [0.5, 0.6) is 0 Å². The summed E-state index contributed by atoms with van der Waals surface area (Å²) in [5.74, 6) is -0.236. The maximum atomic E-state index is 13.1. The number of ether oxygens (including phenoxy) is 3. The van der Waals surface area contributed by atoms with Gasteiger partial charge in [-0.05, 0) is 12.8 Å². The second kappa shape index (κ2) is 43.5. The van der Waals surface area contributed by atoms with Gasteiger partial charge in [-0.25, -0.2) is 0 Å². The quantitative estimate of drug-likeness (QED) is 0.0258. The zero-order valence-corrected chi connectivity index (χ0v) is 41.1. The maximum Gasteiger partial charge on any atom is 0.220 e. The number of hydrogen-bond acceptors (Lipinski definition) is 9. The van der Waals surface area contributed by atoms with Crippen molar-refractivity contribution in [1.29, 1.82) is 0 Å². The molecule has 1 saturated heterocycles. The predicted molar refractivity (Wildman–Crippen MR) is 260 cm³/mol. The van der Waals surface area contributed by atoms with Crippen LogP contribution in [0.4, 0.5) is 0 Å². The molecule has 10 nitrogen and oxygen atoms in total. The molecule has 1 aliphatic rings. The van der Waals surface area contributed by atoms with Crippen molar-refractivity contribution in [3.8, 4) is 0 Å². The van der Waals surface area contributed by atoms with Gasteiger partial charge in [0.05, 0.1) is 32.0 Å². The van der Waals surface area contributed by atoms with E-state index in [1.807, 2.05) is 0 Å². The molecule has 1 heterocycles. The highest BCUT2D eigenvalue weighted by molar-refractivity contribution is 5.76. The Morgan fingerprint density at radius 1 is 0.587 bits per heavy atom. The number of amides is 1. The van der Waals surface area contributed by atoms with Gasteiger partial charge in [-0.3, -0.25) is 4.79 Å². The Labute approximate surface area is 387 Å². The fourth-order valence-electron chi connectivity index (χ4n) is 8.98. The molecule has 0 aliphatic carbocycles. The van der Waals surface area contributed by atoms with Crippen molar-refractivity contribution in [2.24, 2.45) is 0 Å². The summed E-state index contributed by atoms with van der Waals surface area (Å²) in [5, 5.41) is 56.6. The molecule has 63 heavy (non-hydrogen) atoms. The van der Waals surface area contributed by atoms with E-state index in [1.54, 1.807) is 0 Å². The summed E-state index contributed by atoms with van der Waals surface area (Å²) in [6.45, 7) is 7.47. The highest BCUT2D eigenvalue weighted by atomic mass is 16.7. The Morgan fingerprint density at radius 3 is 1.35 bits per heavy atom. The summed E-state index contributed by atoms with van der Waals surface area (Å²) < 4.78 is 17.1. The molecule has 0 bridgehead atoms. The Bertz CT molecular complexity index is 1000. The fraction of sp³-hybridized carbons (Fsp3) is 0.943. The fourth-order valence-corrected chi connectivity index (χ4v) is 8.98. The number of unbranched alkanes of at least 4 members (excludes halogenated alkanes) is 33. The van der Waals surface area contributed by atoms with E-state index in [0.717, 1.165) is 38.5 Å². The van der Waals surface area contributed by atoms with E-state index in [0.29, 0.717) is 12.8 Å². The summed E-state index contributed by atoms with van der Waals surface area (Å²) in [5.41, 5.74) is 0. The van der Waals surface area contributed by atoms with E-state index in [-0.39, 0.29) is 19.1 Å². The number of hydrogen-bond donors (Lipinski definition) is 6. The molecule has 10 heteroatoms. The first-order chi connectivity index (χ1) is 30.8. The number of aliphatic hydroxyl groups excluding tert-OH is 5. The van der Waals surface area contributed by atoms with Gasteiger partial charge in [0.25, 0.3) is 0 Å². The molecule has 374 valence electrons. The first-order valence-corrected chi connectivity index (χ1v) is 26.9. The lowest BCUT2D eigenvalue weighted by Crippen LogP contribution is -2.61. The smallest absolute Gasteiger partial charge is 0.220 e. The summed E-state index contributed by atoms with van der Waals surface area (Å²) in [6, 6.07) is -0.968. The van der Waals surface area contributed by atoms with Crippen LogP contribution in [0.15, 0.2) is 12.7 Å². The van der Waals surface area contributed by atoms with Gasteiger partial charge in [-0.15, -0.1) is 6.58 Å². The second-order valence-corrected chi connectivity index (χ2v) is 19.1. The SMILES string of the molecule is C=CCO[C@@H]1[C@H](O)[C@@H](O)[C@@H](OC[C@H](NC(=O)CCCCCCCCCCCCCCCCCCCCCCCCC)[C@H](O)[C@H](O)CCCCCCCCCCCCCC)O[C@@H]1CO. The predicted octanol–water partition coefficient (Wildman–Crippen LogP) is 11.7. The van der Waals surface area contributed by atoms with Gasteiger partial charge in [-0.2, -0.15) is 0 Å². The van der Waals surface area contributed by atoms with Crippen molar-refractivity contribution in [3.05, 3.63) is 12.7 Å². The second-order valence-electron chi connectivity index (χ2n) is 19.1. The number of carbonyl (C=O) groups excluding carboxylic acids is 1. The van der Waals surface area contributed by atoms with E-state index < -0.39 is 55.6 Å². The lowest BCUT2D eigenvalue weighted by Gasteiger charge is -2.42. The van der Waals surface area contributed by atoms with Crippen LogP contribution in [0.25, 0.3) is 0 Å². The molecule has 0 aromatic heterocycles. The summed E-state index contributed by atoms with van der Waals surface area (Å²) in [7, 11) is 0. The molecule has 0 aromatic carbocycles. The van der Waals surface area contributed by atoms with Crippen LogP contribution in [0, 0.1) is 0 Å². The van der Waals surface area contributed by atoms with Gasteiger partial charge in [0.2, 0.25) is 5.91 Å². The average molecular weight is 898 g/mol. The highest BCUT2D eigenvalue weighted by Crippen LogP contribution is 2.25. The molecule has 8 atom stereocenters. The van der Waals surface area contributed by atoms with Crippen molar-refractivity contribution >= 4 is 5.91 Å². The summed E-state index contributed by atoms with van der Waals surface area (Å²) in [6.07, 6.45) is 38.2. The lowest BCUT2D eigenvalue weighted by molar-refractivity contribution is -0.308. The van der Waals surface area contributed by atoms with Crippen LogP contribution in [-0.2, 0) is 19.0 Å². The van der Waals surface area contributed by atoms with Crippen LogP contribution in [0.1, 0.15) is 251 Å². The van der Waals surface area contributed by atoms with Gasteiger partial charge in [0, 0.05) is 6.42 Å². The third kappa shape index (κ3) is 32.3. The van der Waals surface area contributed by atoms with Crippen molar-refractivity contribution < 1.29 is 44.5 Å². The third-order valence-electron chi connectivity index (χ3n) is 13.2. The molecule has 1 fully saturated rings. The van der Waals surface area contributed by atoms with Crippen LogP contribution >= 0.6 is 0 Å². The zero-order chi connectivity index (χ0) is 46.0. The average Bonchev–Trinajstić information content (AvgIpc) is 3.28. The van der Waals surface area contributed by atoms with E-state index in [2.05, 4.69) is 25.7 Å². The largest absolute Gasteiger partial charge is 0.394 e. The molecule has 0 aromatic rings. The topological polar surface area (TPSA) is 158 Å². The number of aliphatic hydroxyl groups is 5. The molecule has 1 amide bonds. The Morgan fingerprint density at radius 2 is 0.968 bits per heavy atom. The minimum absolute atomic E-state index is 0.0941.